The first-order valence-electron chi connectivity index (χ1n) is 2.98. The SMILES string of the molecule is COc1c(Br)cncc1[N+](=O)[O-]. The van der Waals surface area contributed by atoms with Gasteiger partial charge in [-0.1, -0.05) is 0 Å². The van der Waals surface area contributed by atoms with Gasteiger partial charge in [0.25, 0.3) is 0 Å². The standard InChI is InChI=1S/C6H5BrN2O3/c1-12-6-4(7)2-8-3-5(6)9(10)11/h2-3H,1H3. The smallest absolute Gasteiger partial charge is 0.330 e. The van der Waals surface area contributed by atoms with Crippen molar-refractivity contribution in [2.24, 2.45) is 0 Å². The lowest BCUT2D eigenvalue weighted by molar-refractivity contribution is -0.386. The number of rotatable bonds is 2. The summed E-state index contributed by atoms with van der Waals surface area (Å²) in [5.74, 6) is 0.190. The van der Waals surface area contributed by atoms with Gasteiger partial charge >= 0.3 is 5.69 Å². The topological polar surface area (TPSA) is 65.3 Å². The van der Waals surface area contributed by atoms with Crippen molar-refractivity contribution in [1.82, 2.24) is 4.98 Å². The molecule has 0 spiro atoms. The van der Waals surface area contributed by atoms with E-state index in [-0.39, 0.29) is 11.4 Å². The van der Waals surface area contributed by atoms with Crippen molar-refractivity contribution in [2.75, 3.05) is 7.11 Å². The molecule has 1 rings (SSSR count). The molecule has 1 aromatic rings. The molecule has 0 radical (unpaired) electrons. The van der Waals surface area contributed by atoms with Gasteiger partial charge in [0.1, 0.15) is 6.20 Å². The molecule has 5 nitrogen and oxygen atoms in total. The fourth-order valence-electron chi connectivity index (χ4n) is 0.745. The molecule has 0 saturated heterocycles. The zero-order valence-corrected chi connectivity index (χ0v) is 7.74. The van der Waals surface area contributed by atoms with Gasteiger partial charge in [0, 0.05) is 6.20 Å². The summed E-state index contributed by atoms with van der Waals surface area (Å²) in [7, 11) is 1.37. The van der Waals surface area contributed by atoms with E-state index in [0.29, 0.717) is 4.47 Å². The van der Waals surface area contributed by atoms with Crippen LogP contribution in [-0.2, 0) is 0 Å². The van der Waals surface area contributed by atoms with E-state index in [4.69, 9.17) is 4.74 Å². The molecule has 0 fully saturated rings. The highest BCUT2D eigenvalue weighted by Crippen LogP contribution is 2.32. The molecule has 12 heavy (non-hydrogen) atoms. The van der Waals surface area contributed by atoms with Crippen LogP contribution in [-0.4, -0.2) is 17.0 Å². The number of nitrogens with zero attached hydrogens (tertiary/aromatic N) is 2. The van der Waals surface area contributed by atoms with E-state index in [2.05, 4.69) is 20.9 Å². The lowest BCUT2D eigenvalue weighted by Gasteiger charge is -2.01. The Kier molecular flexibility index (Phi) is 2.59. The summed E-state index contributed by atoms with van der Waals surface area (Å²) >= 11 is 3.08. The Hall–Kier alpha value is -1.17. The van der Waals surface area contributed by atoms with Crippen molar-refractivity contribution in [3.8, 4) is 5.75 Å². The molecule has 0 aliphatic heterocycles. The number of hydrogen-bond donors (Lipinski definition) is 0. The Morgan fingerprint density at radius 2 is 2.33 bits per heavy atom. The van der Waals surface area contributed by atoms with Crippen LogP contribution >= 0.6 is 15.9 Å². The second-order valence-corrected chi connectivity index (χ2v) is 2.79. The molecule has 0 saturated carbocycles. The Morgan fingerprint density at radius 1 is 1.67 bits per heavy atom. The lowest BCUT2D eigenvalue weighted by atomic mass is 10.4. The molecule has 64 valence electrons. The minimum atomic E-state index is -0.545. The van der Waals surface area contributed by atoms with Gasteiger partial charge in [-0.25, -0.2) is 0 Å². The van der Waals surface area contributed by atoms with E-state index in [1.165, 1.54) is 13.3 Å². The molecule has 0 aliphatic carbocycles. The van der Waals surface area contributed by atoms with Crippen LogP contribution in [0.25, 0.3) is 0 Å². The Morgan fingerprint density at radius 3 is 2.75 bits per heavy atom. The van der Waals surface area contributed by atoms with Crippen molar-refractivity contribution in [3.63, 3.8) is 0 Å². The van der Waals surface area contributed by atoms with E-state index in [0.717, 1.165) is 6.20 Å². The zero-order valence-electron chi connectivity index (χ0n) is 6.15. The van der Waals surface area contributed by atoms with E-state index in [9.17, 15) is 10.1 Å². The van der Waals surface area contributed by atoms with Crippen LogP contribution in [0.5, 0.6) is 5.75 Å². The largest absolute Gasteiger partial charge is 0.489 e. The van der Waals surface area contributed by atoms with Crippen LogP contribution in [0.2, 0.25) is 0 Å². The molecule has 0 unspecified atom stereocenters. The highest BCUT2D eigenvalue weighted by Gasteiger charge is 2.17. The molecule has 6 heteroatoms. The molecule has 0 N–H and O–H groups in total. The fourth-order valence-corrected chi connectivity index (χ4v) is 1.23. The normalized spacial score (nSPS) is 9.50. The highest BCUT2D eigenvalue weighted by atomic mass is 79.9. The summed E-state index contributed by atoms with van der Waals surface area (Å²) in [4.78, 5) is 13.5. The predicted molar refractivity (Wildman–Crippen MR) is 45.1 cm³/mol. The number of nitro groups is 1. The highest BCUT2D eigenvalue weighted by molar-refractivity contribution is 9.10. The van der Waals surface area contributed by atoms with E-state index in [1.54, 1.807) is 0 Å². The number of methoxy groups -OCH3 is 1. The Balaban J connectivity index is 3.27. The maximum Gasteiger partial charge on any atom is 0.330 e. The first-order valence-corrected chi connectivity index (χ1v) is 3.78. The summed E-state index contributed by atoms with van der Waals surface area (Å²) in [5.41, 5.74) is -0.146. The van der Waals surface area contributed by atoms with E-state index >= 15 is 0 Å². The number of hydrogen-bond acceptors (Lipinski definition) is 4. The third kappa shape index (κ3) is 1.53. The van der Waals surface area contributed by atoms with Crippen LogP contribution in [0, 0.1) is 10.1 Å². The van der Waals surface area contributed by atoms with Gasteiger partial charge in [0.15, 0.2) is 0 Å². The monoisotopic (exact) mass is 232 g/mol. The average molecular weight is 233 g/mol. The van der Waals surface area contributed by atoms with E-state index < -0.39 is 4.92 Å². The van der Waals surface area contributed by atoms with Crippen molar-refractivity contribution in [1.29, 1.82) is 0 Å². The second kappa shape index (κ2) is 3.48. The Bertz CT molecular complexity index is 316. The third-order valence-corrected chi connectivity index (χ3v) is 1.80. The van der Waals surface area contributed by atoms with Crippen molar-refractivity contribution < 1.29 is 9.66 Å². The number of pyridine rings is 1. The number of ether oxygens (including phenoxy) is 1. The molecule has 0 aromatic carbocycles. The van der Waals surface area contributed by atoms with Crippen molar-refractivity contribution >= 4 is 21.6 Å². The molecule has 1 aromatic heterocycles. The minimum absolute atomic E-state index is 0.146. The molecular formula is C6H5BrN2O3. The summed E-state index contributed by atoms with van der Waals surface area (Å²) in [6, 6.07) is 0. The molecule has 1 heterocycles. The van der Waals surface area contributed by atoms with Crippen LogP contribution in [0.15, 0.2) is 16.9 Å². The lowest BCUT2D eigenvalue weighted by Crippen LogP contribution is -1.95. The average Bonchev–Trinajstić information content (AvgIpc) is 2.03. The van der Waals surface area contributed by atoms with Crippen molar-refractivity contribution in [3.05, 3.63) is 27.0 Å². The van der Waals surface area contributed by atoms with Gasteiger partial charge in [0.05, 0.1) is 16.5 Å². The van der Waals surface area contributed by atoms with Gasteiger partial charge in [0.2, 0.25) is 5.75 Å². The summed E-state index contributed by atoms with van der Waals surface area (Å²) < 4.78 is 5.28. The summed E-state index contributed by atoms with van der Waals surface area (Å²) in [6.07, 6.45) is 2.58. The van der Waals surface area contributed by atoms with Gasteiger partial charge in [-0.05, 0) is 15.9 Å². The molecule has 0 bridgehead atoms. The third-order valence-electron chi connectivity index (χ3n) is 1.24. The van der Waals surface area contributed by atoms with Gasteiger partial charge in [-0.3, -0.25) is 15.1 Å². The molecule has 0 aliphatic rings. The predicted octanol–water partition coefficient (Wildman–Crippen LogP) is 1.76. The molecular weight excluding hydrogens is 228 g/mol. The first kappa shape index (κ1) is 8.92. The van der Waals surface area contributed by atoms with Gasteiger partial charge in [-0.15, -0.1) is 0 Å². The van der Waals surface area contributed by atoms with Crippen LogP contribution in [0.1, 0.15) is 0 Å². The Labute approximate surface area is 76.7 Å². The second-order valence-electron chi connectivity index (χ2n) is 1.93. The fraction of sp³-hybridized carbons (Fsp3) is 0.167. The van der Waals surface area contributed by atoms with Crippen molar-refractivity contribution in [2.45, 2.75) is 0 Å². The minimum Gasteiger partial charge on any atom is -0.489 e. The van der Waals surface area contributed by atoms with Gasteiger partial charge in [-0.2, -0.15) is 0 Å². The maximum absolute atomic E-state index is 10.4. The quantitative estimate of drug-likeness (QED) is 0.576. The number of aromatic nitrogens is 1. The summed E-state index contributed by atoms with van der Waals surface area (Å²) in [6.45, 7) is 0. The van der Waals surface area contributed by atoms with Gasteiger partial charge < -0.3 is 4.74 Å². The first-order chi connectivity index (χ1) is 5.66. The zero-order chi connectivity index (χ0) is 9.14. The van der Waals surface area contributed by atoms with Crippen LogP contribution in [0.4, 0.5) is 5.69 Å². The van der Waals surface area contributed by atoms with E-state index in [1.807, 2.05) is 0 Å². The molecule has 0 amide bonds. The van der Waals surface area contributed by atoms with Crippen LogP contribution < -0.4 is 4.74 Å². The van der Waals surface area contributed by atoms with Crippen LogP contribution in [0.3, 0.4) is 0 Å². The number of halogens is 1. The molecule has 0 atom stereocenters. The maximum atomic E-state index is 10.4. The summed E-state index contributed by atoms with van der Waals surface area (Å²) in [5, 5.41) is 10.4.